The average molecular weight is 356 g/mol. The molecule has 1 aliphatic rings. The summed E-state index contributed by atoms with van der Waals surface area (Å²) in [5.41, 5.74) is 5.03. The molecule has 0 radical (unpaired) electrons. The molecular weight excluding hydrogens is 339 g/mol. The number of nitrogens with one attached hydrogen (secondary N) is 1. The van der Waals surface area contributed by atoms with Gasteiger partial charge in [0.2, 0.25) is 0 Å². The van der Waals surface area contributed by atoms with Crippen molar-refractivity contribution < 1.29 is 9.18 Å². The molecule has 0 spiro atoms. The first-order chi connectivity index (χ1) is 12.0. The number of rotatable bonds is 4. The van der Waals surface area contributed by atoms with Gasteiger partial charge in [-0.2, -0.15) is 5.10 Å². The van der Waals surface area contributed by atoms with Crippen molar-refractivity contribution in [2.75, 3.05) is 5.32 Å². The molecule has 1 aromatic carbocycles. The molecular formula is C18H17FN4OS. The van der Waals surface area contributed by atoms with Crippen molar-refractivity contribution in [3.63, 3.8) is 0 Å². The fourth-order valence-electron chi connectivity index (χ4n) is 2.85. The number of hydrogen-bond donors (Lipinski definition) is 1. The van der Waals surface area contributed by atoms with Crippen LogP contribution in [0.2, 0.25) is 0 Å². The van der Waals surface area contributed by atoms with E-state index in [1.807, 2.05) is 13.0 Å². The van der Waals surface area contributed by atoms with Crippen molar-refractivity contribution in [3.05, 3.63) is 57.6 Å². The number of hydrogen-bond acceptors (Lipinski definition) is 4. The minimum atomic E-state index is -0.413. The maximum absolute atomic E-state index is 14.7. The Morgan fingerprint density at radius 2 is 2.12 bits per heavy atom. The molecule has 1 fully saturated rings. The Bertz CT molecular complexity index is 958. The average Bonchev–Trinajstić information content (AvgIpc) is 3.21. The van der Waals surface area contributed by atoms with Gasteiger partial charge in [-0.3, -0.25) is 4.79 Å². The van der Waals surface area contributed by atoms with Crippen LogP contribution in [0.15, 0.2) is 29.8 Å². The van der Waals surface area contributed by atoms with Crippen LogP contribution in [0.5, 0.6) is 0 Å². The number of thiazole rings is 1. The first-order valence-electron chi connectivity index (χ1n) is 8.11. The molecule has 4 rings (SSSR count). The van der Waals surface area contributed by atoms with Crippen LogP contribution >= 0.6 is 11.3 Å². The van der Waals surface area contributed by atoms with Crippen LogP contribution in [0, 0.1) is 19.7 Å². The summed E-state index contributed by atoms with van der Waals surface area (Å²) in [7, 11) is 0. The number of carbonyl (C=O) groups is 1. The van der Waals surface area contributed by atoms with Gasteiger partial charge in [0.05, 0.1) is 16.9 Å². The molecule has 1 saturated carbocycles. The monoisotopic (exact) mass is 356 g/mol. The van der Waals surface area contributed by atoms with Crippen LogP contribution in [0.1, 0.15) is 45.5 Å². The molecule has 0 bridgehead atoms. The van der Waals surface area contributed by atoms with Crippen LogP contribution in [-0.4, -0.2) is 20.7 Å². The summed E-state index contributed by atoms with van der Waals surface area (Å²) < 4.78 is 16.3. The van der Waals surface area contributed by atoms with E-state index in [-0.39, 0.29) is 5.91 Å². The fourth-order valence-corrected chi connectivity index (χ4v) is 3.54. The number of benzene rings is 1. The zero-order valence-electron chi connectivity index (χ0n) is 13.9. The molecule has 2 aromatic heterocycles. The second-order valence-corrected chi connectivity index (χ2v) is 7.14. The number of aromatic nitrogens is 3. The van der Waals surface area contributed by atoms with Crippen LogP contribution in [0.4, 0.5) is 10.1 Å². The third-order valence-corrected chi connectivity index (χ3v) is 5.17. The minimum Gasteiger partial charge on any atom is -0.321 e. The van der Waals surface area contributed by atoms with Crippen molar-refractivity contribution in [1.82, 2.24) is 14.8 Å². The second-order valence-electron chi connectivity index (χ2n) is 6.28. The van der Waals surface area contributed by atoms with E-state index in [0.29, 0.717) is 27.9 Å². The summed E-state index contributed by atoms with van der Waals surface area (Å²) in [5, 5.41) is 7.15. The van der Waals surface area contributed by atoms with Crippen molar-refractivity contribution in [3.8, 4) is 5.69 Å². The van der Waals surface area contributed by atoms with Gasteiger partial charge < -0.3 is 5.32 Å². The molecule has 2 heterocycles. The topological polar surface area (TPSA) is 59.8 Å². The van der Waals surface area contributed by atoms with Crippen LogP contribution in [0.3, 0.4) is 0 Å². The Balaban J connectivity index is 1.61. The van der Waals surface area contributed by atoms with E-state index in [2.05, 4.69) is 15.4 Å². The van der Waals surface area contributed by atoms with Crippen molar-refractivity contribution in [1.29, 1.82) is 0 Å². The standard InChI is InChI=1S/C18H17FN4OS/c1-10-7-16(12-3-4-12)23(22-10)15-6-5-13(8-14(15)19)21-18(24)17-11(2)20-9-25-17/h5-9,12H,3-4H2,1-2H3,(H,21,24). The number of carbonyl (C=O) groups excluding carboxylic acids is 1. The van der Waals surface area contributed by atoms with Gasteiger partial charge in [0, 0.05) is 17.3 Å². The highest BCUT2D eigenvalue weighted by Crippen LogP contribution is 2.41. The molecule has 3 aromatic rings. The molecule has 25 heavy (non-hydrogen) atoms. The first-order valence-corrected chi connectivity index (χ1v) is 8.99. The maximum atomic E-state index is 14.7. The summed E-state index contributed by atoms with van der Waals surface area (Å²) in [6, 6.07) is 6.69. The highest BCUT2D eigenvalue weighted by molar-refractivity contribution is 7.12. The third-order valence-electron chi connectivity index (χ3n) is 4.24. The summed E-state index contributed by atoms with van der Waals surface area (Å²) in [6.45, 7) is 3.68. The Labute approximate surface area is 148 Å². The molecule has 0 unspecified atom stereocenters. The predicted molar refractivity (Wildman–Crippen MR) is 95.0 cm³/mol. The van der Waals surface area contributed by atoms with Gasteiger partial charge in [-0.05, 0) is 51.0 Å². The molecule has 7 heteroatoms. The lowest BCUT2D eigenvalue weighted by Crippen LogP contribution is -2.12. The molecule has 0 saturated heterocycles. The van der Waals surface area contributed by atoms with Crippen LogP contribution in [0.25, 0.3) is 5.69 Å². The normalized spacial score (nSPS) is 13.9. The summed E-state index contributed by atoms with van der Waals surface area (Å²) >= 11 is 1.26. The first kappa shape index (κ1) is 16.0. The lowest BCUT2D eigenvalue weighted by atomic mass is 10.2. The van der Waals surface area contributed by atoms with E-state index in [4.69, 9.17) is 0 Å². The smallest absolute Gasteiger partial charge is 0.267 e. The van der Waals surface area contributed by atoms with E-state index in [9.17, 15) is 9.18 Å². The van der Waals surface area contributed by atoms with Gasteiger partial charge >= 0.3 is 0 Å². The van der Waals surface area contributed by atoms with Gasteiger partial charge in [-0.25, -0.2) is 14.1 Å². The number of aryl methyl sites for hydroxylation is 2. The third kappa shape index (κ3) is 3.07. The van der Waals surface area contributed by atoms with Gasteiger partial charge in [0.15, 0.2) is 5.82 Å². The Hall–Kier alpha value is -2.54. The van der Waals surface area contributed by atoms with Gasteiger partial charge in [-0.15, -0.1) is 11.3 Å². The number of amides is 1. The second kappa shape index (κ2) is 6.07. The fraction of sp³-hybridized carbons (Fsp3) is 0.278. The lowest BCUT2D eigenvalue weighted by Gasteiger charge is -2.10. The zero-order chi connectivity index (χ0) is 17.6. The molecule has 0 atom stereocenters. The van der Waals surface area contributed by atoms with Crippen molar-refractivity contribution >= 4 is 22.9 Å². The van der Waals surface area contributed by atoms with Crippen molar-refractivity contribution in [2.45, 2.75) is 32.6 Å². The summed E-state index contributed by atoms with van der Waals surface area (Å²) in [4.78, 5) is 16.8. The van der Waals surface area contributed by atoms with Gasteiger partial charge in [-0.1, -0.05) is 0 Å². The SMILES string of the molecule is Cc1cc(C2CC2)n(-c2ccc(NC(=O)c3scnc3C)cc2F)n1. The lowest BCUT2D eigenvalue weighted by molar-refractivity contribution is 0.103. The number of halogens is 1. The molecule has 1 N–H and O–H groups in total. The molecule has 5 nitrogen and oxygen atoms in total. The van der Waals surface area contributed by atoms with E-state index < -0.39 is 5.82 Å². The summed E-state index contributed by atoms with van der Waals surface area (Å²) in [6.07, 6.45) is 2.24. The molecule has 1 amide bonds. The molecule has 0 aliphatic heterocycles. The van der Waals surface area contributed by atoms with Gasteiger partial charge in [0.1, 0.15) is 10.6 Å². The summed E-state index contributed by atoms with van der Waals surface area (Å²) in [5.74, 6) is -0.223. The van der Waals surface area contributed by atoms with E-state index in [0.717, 1.165) is 24.2 Å². The highest BCUT2D eigenvalue weighted by Gasteiger charge is 2.28. The minimum absolute atomic E-state index is 0.277. The van der Waals surface area contributed by atoms with Gasteiger partial charge in [0.25, 0.3) is 5.91 Å². The molecule has 128 valence electrons. The van der Waals surface area contributed by atoms with E-state index >= 15 is 0 Å². The van der Waals surface area contributed by atoms with Crippen molar-refractivity contribution in [2.24, 2.45) is 0 Å². The quantitative estimate of drug-likeness (QED) is 0.762. The predicted octanol–water partition coefficient (Wildman–Crippen LogP) is 4.21. The number of nitrogens with zero attached hydrogens (tertiary/aromatic N) is 3. The van der Waals surface area contributed by atoms with Crippen LogP contribution < -0.4 is 5.32 Å². The maximum Gasteiger partial charge on any atom is 0.267 e. The van der Waals surface area contributed by atoms with E-state index in [1.54, 1.807) is 29.2 Å². The number of anilines is 1. The Kier molecular flexibility index (Phi) is 3.88. The Morgan fingerprint density at radius 3 is 2.76 bits per heavy atom. The largest absolute Gasteiger partial charge is 0.321 e. The molecule has 1 aliphatic carbocycles. The van der Waals surface area contributed by atoms with E-state index in [1.165, 1.54) is 17.4 Å². The highest BCUT2D eigenvalue weighted by atomic mass is 32.1. The van der Waals surface area contributed by atoms with Crippen LogP contribution in [-0.2, 0) is 0 Å². The Morgan fingerprint density at radius 1 is 1.32 bits per heavy atom. The zero-order valence-corrected chi connectivity index (χ0v) is 14.7.